The van der Waals surface area contributed by atoms with Gasteiger partial charge in [0.05, 0.1) is 6.54 Å². The van der Waals surface area contributed by atoms with E-state index in [0.29, 0.717) is 24.5 Å². The van der Waals surface area contributed by atoms with Crippen molar-refractivity contribution in [1.29, 1.82) is 0 Å². The minimum atomic E-state index is -0.0598. The van der Waals surface area contributed by atoms with Gasteiger partial charge in [-0.05, 0) is 18.6 Å². The Bertz CT molecular complexity index is 629. The first kappa shape index (κ1) is 17.8. The van der Waals surface area contributed by atoms with Gasteiger partial charge >= 0.3 is 0 Å². The first-order chi connectivity index (χ1) is 10.1. The minimum Gasteiger partial charge on any atom is -1.00 e. The summed E-state index contributed by atoms with van der Waals surface area (Å²) >= 11 is 0. The molecule has 5 nitrogen and oxygen atoms in total. The number of aromatic amines is 1. The third-order valence-corrected chi connectivity index (χ3v) is 3.17. The van der Waals surface area contributed by atoms with Crippen LogP contribution in [0.5, 0.6) is 0 Å². The summed E-state index contributed by atoms with van der Waals surface area (Å²) in [6.07, 6.45) is 0.423. The number of benzene rings is 1. The Labute approximate surface area is 136 Å². The first-order valence-corrected chi connectivity index (χ1v) is 6.99. The fraction of sp³-hybridized carbons (Fsp3) is 0.250. The van der Waals surface area contributed by atoms with Crippen LogP contribution >= 0.6 is 0 Å². The summed E-state index contributed by atoms with van der Waals surface area (Å²) in [6, 6.07) is 12.0. The maximum atomic E-state index is 11.4. The van der Waals surface area contributed by atoms with E-state index in [-0.39, 0.29) is 18.3 Å². The number of nitrogens with two attached hydrogens (primary N) is 1. The van der Waals surface area contributed by atoms with Crippen LogP contribution in [0.25, 0.3) is 0 Å². The second-order valence-electron chi connectivity index (χ2n) is 4.94. The van der Waals surface area contributed by atoms with Gasteiger partial charge in [0.1, 0.15) is 5.69 Å². The molecular weight excluding hydrogens is 300 g/mol. The van der Waals surface area contributed by atoms with Gasteiger partial charge in [-0.25, -0.2) is 4.98 Å². The van der Waals surface area contributed by atoms with E-state index in [1.807, 2.05) is 6.07 Å². The van der Waals surface area contributed by atoms with Gasteiger partial charge in [0.25, 0.3) is 0 Å². The molecule has 5 N–H and O–H groups in total. The quantitative estimate of drug-likeness (QED) is 0.685. The Hall–Kier alpha value is -2.27. The molecule has 1 amide bonds. The van der Waals surface area contributed by atoms with Gasteiger partial charge in [-0.3, -0.25) is 4.79 Å². The van der Waals surface area contributed by atoms with Gasteiger partial charge in [-0.2, -0.15) is 0 Å². The third kappa shape index (κ3) is 4.93. The molecule has 1 heterocycles. The molecule has 0 fully saturated rings. The number of hydrogen-bond donors (Lipinski definition) is 3. The average molecular weight is 321 g/mol. The molecule has 2 aromatic rings. The molecule has 0 unspecified atom stereocenters. The van der Waals surface area contributed by atoms with E-state index in [1.165, 1.54) is 11.1 Å². The van der Waals surface area contributed by atoms with Gasteiger partial charge in [0.2, 0.25) is 17.5 Å². The van der Waals surface area contributed by atoms with Crippen LogP contribution in [-0.4, -0.2) is 5.91 Å². The highest BCUT2D eigenvalue weighted by molar-refractivity contribution is 5.92. The van der Waals surface area contributed by atoms with Crippen LogP contribution in [0.4, 0.5) is 17.3 Å². The molecule has 1 aromatic carbocycles. The minimum absolute atomic E-state index is 0. The second kappa shape index (κ2) is 8.24. The monoisotopic (exact) mass is 320 g/mol. The lowest BCUT2D eigenvalue weighted by molar-refractivity contribution is -0.342. The molecule has 118 valence electrons. The van der Waals surface area contributed by atoms with Gasteiger partial charge < -0.3 is 28.8 Å². The van der Waals surface area contributed by atoms with Gasteiger partial charge in [0.15, 0.2) is 0 Å². The van der Waals surface area contributed by atoms with E-state index in [0.717, 1.165) is 5.82 Å². The standard InChI is InChI=1S/C16H20N4O.ClH/c1-3-15(21)19-13-8-9-14(20-16(13)17)18-10-12-6-4-11(2)5-7-12;/h4-9H,3,10H2,1-2H3,(H,19,21)(H3,17,18,20);1H. The van der Waals surface area contributed by atoms with Gasteiger partial charge in [-0.15, -0.1) is 0 Å². The molecule has 0 aliphatic rings. The number of amides is 1. The molecule has 0 saturated heterocycles. The van der Waals surface area contributed by atoms with Gasteiger partial charge in [-0.1, -0.05) is 36.8 Å². The van der Waals surface area contributed by atoms with Crippen LogP contribution in [-0.2, 0) is 11.3 Å². The van der Waals surface area contributed by atoms with Crippen LogP contribution < -0.4 is 33.8 Å². The van der Waals surface area contributed by atoms with E-state index < -0.39 is 0 Å². The third-order valence-electron chi connectivity index (χ3n) is 3.17. The number of aryl methyl sites for hydroxylation is 1. The summed E-state index contributed by atoms with van der Waals surface area (Å²) in [6.45, 7) is 4.57. The number of carbonyl (C=O) groups excluding carboxylic acids is 1. The molecule has 0 atom stereocenters. The zero-order valence-corrected chi connectivity index (χ0v) is 13.5. The molecule has 0 bridgehead atoms. The number of hydrogen-bond acceptors (Lipinski definition) is 3. The number of nitrogen functional groups attached to an aromatic ring is 1. The van der Waals surface area contributed by atoms with Crippen molar-refractivity contribution in [2.75, 3.05) is 16.4 Å². The van der Waals surface area contributed by atoms with Crippen molar-refractivity contribution in [3.63, 3.8) is 0 Å². The first-order valence-electron chi connectivity index (χ1n) is 6.99. The number of H-pyrrole nitrogens is 1. The summed E-state index contributed by atoms with van der Waals surface area (Å²) in [7, 11) is 0. The fourth-order valence-corrected chi connectivity index (χ4v) is 1.86. The molecule has 0 aliphatic heterocycles. The average Bonchev–Trinajstić information content (AvgIpc) is 2.49. The maximum Gasteiger partial charge on any atom is 0.241 e. The normalized spacial score (nSPS) is 9.73. The highest BCUT2D eigenvalue weighted by Crippen LogP contribution is 2.15. The van der Waals surface area contributed by atoms with E-state index >= 15 is 0 Å². The second-order valence-corrected chi connectivity index (χ2v) is 4.94. The Balaban J connectivity index is 0.00000242. The number of pyridine rings is 1. The highest BCUT2D eigenvalue weighted by atomic mass is 35.5. The molecule has 1 aromatic heterocycles. The topological polar surface area (TPSA) is 81.3 Å². The van der Waals surface area contributed by atoms with Crippen molar-refractivity contribution < 1.29 is 22.2 Å². The van der Waals surface area contributed by atoms with Crippen molar-refractivity contribution >= 4 is 23.2 Å². The molecule has 6 heteroatoms. The summed E-state index contributed by atoms with van der Waals surface area (Å²) < 4.78 is 0. The van der Waals surface area contributed by atoms with Crippen LogP contribution in [0.2, 0.25) is 0 Å². The molecule has 0 aliphatic carbocycles. The molecule has 0 spiro atoms. The largest absolute Gasteiger partial charge is 1.00 e. The lowest BCUT2D eigenvalue weighted by Gasteiger charge is -2.07. The lowest BCUT2D eigenvalue weighted by atomic mass is 10.1. The van der Waals surface area contributed by atoms with E-state index in [9.17, 15) is 4.79 Å². The fourth-order valence-electron chi connectivity index (χ4n) is 1.86. The number of nitrogens with one attached hydrogen (secondary N) is 3. The Morgan fingerprint density at radius 3 is 2.45 bits per heavy atom. The Kier molecular flexibility index (Phi) is 6.66. The van der Waals surface area contributed by atoms with Crippen molar-refractivity contribution in [3.8, 4) is 0 Å². The summed E-state index contributed by atoms with van der Waals surface area (Å²) in [5, 5.41) is 6.01. The van der Waals surface area contributed by atoms with Crippen LogP contribution in [0.1, 0.15) is 24.5 Å². The van der Waals surface area contributed by atoms with Crippen molar-refractivity contribution in [3.05, 3.63) is 47.5 Å². The number of carbonyl (C=O) groups is 1. The van der Waals surface area contributed by atoms with Crippen molar-refractivity contribution in [2.45, 2.75) is 26.8 Å². The summed E-state index contributed by atoms with van der Waals surface area (Å²) in [4.78, 5) is 14.4. The summed E-state index contributed by atoms with van der Waals surface area (Å²) in [5.74, 6) is 1.18. The zero-order chi connectivity index (χ0) is 15.2. The number of aromatic nitrogens is 1. The Morgan fingerprint density at radius 1 is 1.18 bits per heavy atom. The predicted molar refractivity (Wildman–Crippen MR) is 84.8 cm³/mol. The smallest absolute Gasteiger partial charge is 0.241 e. The number of rotatable bonds is 5. The maximum absolute atomic E-state index is 11.4. The van der Waals surface area contributed by atoms with E-state index in [2.05, 4.69) is 46.8 Å². The molecule has 22 heavy (non-hydrogen) atoms. The van der Waals surface area contributed by atoms with E-state index in [4.69, 9.17) is 5.73 Å². The molecule has 0 radical (unpaired) electrons. The molecule has 0 saturated carbocycles. The highest BCUT2D eigenvalue weighted by Gasteiger charge is 2.09. The van der Waals surface area contributed by atoms with Crippen molar-refractivity contribution in [2.24, 2.45) is 0 Å². The zero-order valence-electron chi connectivity index (χ0n) is 12.7. The summed E-state index contributed by atoms with van der Waals surface area (Å²) in [5.41, 5.74) is 8.93. The van der Waals surface area contributed by atoms with Crippen LogP contribution in [0, 0.1) is 6.92 Å². The molecule has 2 rings (SSSR count). The molecular formula is C16H21ClN4O. The van der Waals surface area contributed by atoms with E-state index in [1.54, 1.807) is 13.0 Å². The van der Waals surface area contributed by atoms with Crippen molar-refractivity contribution in [1.82, 2.24) is 0 Å². The SMILES string of the molecule is CCC(=O)Nc1ccc(NCc2ccc(C)cc2)[nH+]c1N.[Cl-]. The van der Waals surface area contributed by atoms with Gasteiger partial charge in [0, 0.05) is 12.5 Å². The Morgan fingerprint density at radius 2 is 1.86 bits per heavy atom. The lowest BCUT2D eigenvalue weighted by Crippen LogP contribution is -3.00. The number of halogens is 1. The number of anilines is 3. The van der Waals surface area contributed by atoms with Crippen LogP contribution in [0.3, 0.4) is 0 Å². The predicted octanol–water partition coefficient (Wildman–Crippen LogP) is -0.644. The van der Waals surface area contributed by atoms with Crippen LogP contribution in [0.15, 0.2) is 36.4 Å².